The monoisotopic (exact) mass is 455 g/mol. The molecule has 8 heteroatoms. The van der Waals surface area contributed by atoms with Gasteiger partial charge in [0.05, 0.1) is 13.2 Å². The van der Waals surface area contributed by atoms with Crippen molar-refractivity contribution < 1.29 is 14.3 Å². The van der Waals surface area contributed by atoms with Crippen LogP contribution >= 0.6 is 24.8 Å². The van der Waals surface area contributed by atoms with E-state index in [2.05, 4.69) is 10.2 Å². The summed E-state index contributed by atoms with van der Waals surface area (Å²) in [7, 11) is 0. The second kappa shape index (κ2) is 14.2. The molecule has 30 heavy (non-hydrogen) atoms. The van der Waals surface area contributed by atoms with Crippen LogP contribution in [0.3, 0.4) is 0 Å². The maximum Gasteiger partial charge on any atom is 0.222 e. The number of nitrogens with two attached hydrogens (primary N) is 1. The molecule has 1 aliphatic heterocycles. The van der Waals surface area contributed by atoms with Crippen LogP contribution in [0.15, 0.2) is 54.6 Å². The molecular formula is C22H31Cl2N3O3. The zero-order chi connectivity index (χ0) is 19.6. The second-order valence-corrected chi connectivity index (χ2v) is 6.91. The predicted octanol–water partition coefficient (Wildman–Crippen LogP) is 2.95. The number of para-hydroxylation sites is 1. The Morgan fingerprint density at radius 2 is 1.73 bits per heavy atom. The fraction of sp³-hybridized carbons (Fsp3) is 0.409. The van der Waals surface area contributed by atoms with E-state index in [9.17, 15) is 4.79 Å². The van der Waals surface area contributed by atoms with E-state index in [1.807, 2.05) is 54.6 Å². The summed E-state index contributed by atoms with van der Waals surface area (Å²) < 4.78 is 11.3. The first-order valence-electron chi connectivity index (χ1n) is 9.80. The van der Waals surface area contributed by atoms with Gasteiger partial charge in [-0.2, -0.15) is 0 Å². The first kappa shape index (κ1) is 26.2. The number of carbonyl (C=O) groups is 1. The SMILES string of the molecule is Cl.Cl.NC(CC(=O)NCc1ccccc1OCCN1CCOCC1)c1ccccc1. The number of nitrogens with one attached hydrogen (secondary N) is 1. The Morgan fingerprint density at radius 3 is 2.47 bits per heavy atom. The molecular weight excluding hydrogens is 425 g/mol. The van der Waals surface area contributed by atoms with E-state index in [-0.39, 0.29) is 43.2 Å². The highest BCUT2D eigenvalue weighted by molar-refractivity contribution is 5.85. The van der Waals surface area contributed by atoms with Crippen molar-refractivity contribution in [1.29, 1.82) is 0 Å². The highest BCUT2D eigenvalue weighted by Crippen LogP contribution is 2.18. The number of benzene rings is 2. The van der Waals surface area contributed by atoms with E-state index < -0.39 is 0 Å². The van der Waals surface area contributed by atoms with Crippen molar-refractivity contribution in [3.05, 3.63) is 65.7 Å². The molecule has 0 aliphatic carbocycles. The van der Waals surface area contributed by atoms with Crippen LogP contribution < -0.4 is 15.8 Å². The van der Waals surface area contributed by atoms with Crippen LogP contribution in [-0.4, -0.2) is 50.3 Å². The summed E-state index contributed by atoms with van der Waals surface area (Å²) in [5, 5.41) is 2.95. The van der Waals surface area contributed by atoms with Gasteiger partial charge in [-0.05, 0) is 11.6 Å². The molecule has 2 aromatic carbocycles. The Bertz CT molecular complexity index is 743. The number of hydrogen-bond donors (Lipinski definition) is 2. The smallest absolute Gasteiger partial charge is 0.222 e. The van der Waals surface area contributed by atoms with Crippen molar-refractivity contribution in [2.24, 2.45) is 5.73 Å². The topological polar surface area (TPSA) is 76.8 Å². The zero-order valence-electron chi connectivity index (χ0n) is 17.0. The van der Waals surface area contributed by atoms with E-state index in [4.69, 9.17) is 15.2 Å². The second-order valence-electron chi connectivity index (χ2n) is 6.91. The number of halogens is 2. The summed E-state index contributed by atoms with van der Waals surface area (Å²) in [5.74, 6) is 0.739. The molecule has 6 nitrogen and oxygen atoms in total. The van der Waals surface area contributed by atoms with Crippen molar-refractivity contribution in [2.75, 3.05) is 39.5 Å². The van der Waals surface area contributed by atoms with Gasteiger partial charge in [0.25, 0.3) is 0 Å². The lowest BCUT2D eigenvalue weighted by molar-refractivity contribution is -0.121. The number of nitrogens with zero attached hydrogens (tertiary/aromatic N) is 1. The minimum absolute atomic E-state index is 0. The molecule has 3 rings (SSSR count). The average Bonchev–Trinajstić information content (AvgIpc) is 2.74. The fourth-order valence-electron chi connectivity index (χ4n) is 3.18. The van der Waals surface area contributed by atoms with Gasteiger partial charge >= 0.3 is 0 Å². The summed E-state index contributed by atoms with van der Waals surface area (Å²) >= 11 is 0. The van der Waals surface area contributed by atoms with Gasteiger partial charge in [-0.25, -0.2) is 0 Å². The molecule has 0 radical (unpaired) electrons. The predicted molar refractivity (Wildman–Crippen MR) is 124 cm³/mol. The minimum atomic E-state index is -0.304. The van der Waals surface area contributed by atoms with Crippen LogP contribution in [0.1, 0.15) is 23.6 Å². The summed E-state index contributed by atoms with van der Waals surface area (Å²) in [5.41, 5.74) is 8.06. The van der Waals surface area contributed by atoms with Gasteiger partial charge < -0.3 is 20.5 Å². The van der Waals surface area contributed by atoms with Crippen LogP contribution in [0, 0.1) is 0 Å². The lowest BCUT2D eigenvalue weighted by Gasteiger charge is -2.26. The molecule has 2 aromatic rings. The lowest BCUT2D eigenvalue weighted by Crippen LogP contribution is -2.38. The Morgan fingerprint density at radius 1 is 1.07 bits per heavy atom. The number of hydrogen-bond acceptors (Lipinski definition) is 5. The van der Waals surface area contributed by atoms with E-state index in [0.29, 0.717) is 13.2 Å². The Hall–Kier alpha value is -1.83. The molecule has 1 amide bonds. The fourth-order valence-corrected chi connectivity index (χ4v) is 3.18. The summed E-state index contributed by atoms with van der Waals surface area (Å²) in [6.45, 7) is 5.38. The molecule has 166 valence electrons. The molecule has 0 spiro atoms. The first-order chi connectivity index (χ1) is 13.7. The molecule has 1 fully saturated rings. The minimum Gasteiger partial charge on any atom is -0.492 e. The van der Waals surface area contributed by atoms with Gasteiger partial charge in [-0.3, -0.25) is 9.69 Å². The molecule has 0 bridgehead atoms. The third-order valence-electron chi connectivity index (χ3n) is 4.85. The molecule has 3 N–H and O–H groups in total. The van der Waals surface area contributed by atoms with Crippen molar-refractivity contribution in [3.63, 3.8) is 0 Å². The molecule has 1 saturated heterocycles. The van der Waals surface area contributed by atoms with E-state index in [1.165, 1.54) is 0 Å². The normalized spacial score (nSPS) is 14.7. The number of ether oxygens (including phenoxy) is 2. The third-order valence-corrected chi connectivity index (χ3v) is 4.85. The Labute approximate surface area is 190 Å². The molecule has 1 aliphatic rings. The van der Waals surface area contributed by atoms with Crippen LogP contribution in [0.5, 0.6) is 5.75 Å². The van der Waals surface area contributed by atoms with Gasteiger partial charge in [-0.1, -0.05) is 48.5 Å². The van der Waals surface area contributed by atoms with E-state index in [1.54, 1.807) is 0 Å². The standard InChI is InChI=1S/C22H29N3O3.2ClH/c23-20(18-6-2-1-3-7-18)16-22(26)24-17-19-8-4-5-9-21(19)28-15-12-25-10-13-27-14-11-25;;/h1-9,20H,10-17,23H2,(H,24,26);2*1H. The number of morpholine rings is 1. The van der Waals surface area contributed by atoms with Gasteiger partial charge in [0.2, 0.25) is 5.91 Å². The largest absolute Gasteiger partial charge is 0.492 e. The highest BCUT2D eigenvalue weighted by Gasteiger charge is 2.13. The van der Waals surface area contributed by atoms with Crippen LogP contribution in [0.25, 0.3) is 0 Å². The summed E-state index contributed by atoms with van der Waals surface area (Å²) in [4.78, 5) is 14.6. The van der Waals surface area contributed by atoms with Crippen molar-refractivity contribution >= 4 is 30.7 Å². The van der Waals surface area contributed by atoms with E-state index in [0.717, 1.165) is 49.7 Å². The third kappa shape index (κ3) is 8.50. The highest BCUT2D eigenvalue weighted by atomic mass is 35.5. The summed E-state index contributed by atoms with van der Waals surface area (Å²) in [6, 6.07) is 17.2. The number of rotatable bonds is 9. The van der Waals surface area contributed by atoms with Crippen LogP contribution in [0.4, 0.5) is 0 Å². The van der Waals surface area contributed by atoms with Crippen molar-refractivity contribution in [2.45, 2.75) is 19.0 Å². The molecule has 1 atom stereocenters. The Balaban J connectivity index is 0.00000225. The molecule has 1 unspecified atom stereocenters. The maximum atomic E-state index is 12.3. The lowest BCUT2D eigenvalue weighted by atomic mass is 10.0. The first-order valence-corrected chi connectivity index (χ1v) is 9.80. The maximum absolute atomic E-state index is 12.3. The molecule has 1 heterocycles. The van der Waals surface area contributed by atoms with Crippen LogP contribution in [-0.2, 0) is 16.1 Å². The van der Waals surface area contributed by atoms with Gasteiger partial charge in [0.15, 0.2) is 0 Å². The average molecular weight is 456 g/mol. The summed E-state index contributed by atoms with van der Waals surface area (Å²) in [6.07, 6.45) is 0.254. The molecule has 0 saturated carbocycles. The van der Waals surface area contributed by atoms with Crippen molar-refractivity contribution in [3.8, 4) is 5.75 Å². The zero-order valence-corrected chi connectivity index (χ0v) is 18.6. The van der Waals surface area contributed by atoms with Gasteiger partial charge in [0, 0.05) is 44.2 Å². The van der Waals surface area contributed by atoms with E-state index >= 15 is 0 Å². The Kier molecular flexibility index (Phi) is 12.4. The quantitative estimate of drug-likeness (QED) is 0.607. The van der Waals surface area contributed by atoms with Crippen molar-refractivity contribution in [1.82, 2.24) is 10.2 Å². The number of amides is 1. The number of carbonyl (C=O) groups excluding carboxylic acids is 1. The van der Waals surface area contributed by atoms with Crippen LogP contribution in [0.2, 0.25) is 0 Å². The van der Waals surface area contributed by atoms with Gasteiger partial charge in [0.1, 0.15) is 12.4 Å². The van der Waals surface area contributed by atoms with Gasteiger partial charge in [-0.15, -0.1) is 24.8 Å². The molecule has 0 aromatic heterocycles.